The second-order valence-corrected chi connectivity index (χ2v) is 13.1. The van der Waals surface area contributed by atoms with Crippen LogP contribution in [0, 0.1) is 0 Å². The van der Waals surface area contributed by atoms with Crippen LogP contribution in [0.1, 0.15) is 16.7 Å². The van der Waals surface area contributed by atoms with Gasteiger partial charge in [0.05, 0.1) is 19.8 Å². The smallest absolute Gasteiger partial charge is 0.395 e. The molecule has 0 bridgehead atoms. The molecule has 2 N–H and O–H groups in total. The Labute approximate surface area is 286 Å². The highest BCUT2D eigenvalue weighted by atomic mass is 31.2. The molecule has 0 aromatic heterocycles. The first-order chi connectivity index (χ1) is 24.0. The Bertz CT molecular complexity index is 1630. The molecule has 6 rings (SSSR count). The fourth-order valence-electron chi connectivity index (χ4n) is 5.59. The van der Waals surface area contributed by atoms with E-state index in [1.807, 2.05) is 91.0 Å². The summed E-state index contributed by atoms with van der Waals surface area (Å²) in [5, 5.41) is 23.8. The van der Waals surface area contributed by atoms with Crippen LogP contribution in [0.4, 0.5) is 0 Å². The predicted molar refractivity (Wildman–Crippen MR) is 184 cm³/mol. The number of aliphatic hydroxyl groups is 2. The average Bonchev–Trinajstić information content (AvgIpc) is 3.13. The molecule has 9 nitrogen and oxygen atoms in total. The summed E-state index contributed by atoms with van der Waals surface area (Å²) in [5.74, 6) is 0.456. The summed E-state index contributed by atoms with van der Waals surface area (Å²) in [6.07, 6.45) is -7.82. The highest BCUT2D eigenvalue weighted by Gasteiger charge is 2.56. The Hall–Kier alpha value is -4.31. The molecular formula is C39H39O9P. The lowest BCUT2D eigenvalue weighted by molar-refractivity contribution is -0.258. The average molecular weight is 683 g/mol. The molecule has 1 aliphatic rings. The molecule has 6 atom stereocenters. The summed E-state index contributed by atoms with van der Waals surface area (Å²) in [6, 6.07) is 45.2. The van der Waals surface area contributed by atoms with E-state index in [-0.39, 0.29) is 31.3 Å². The van der Waals surface area contributed by atoms with E-state index in [2.05, 4.69) is 0 Å². The van der Waals surface area contributed by atoms with Gasteiger partial charge in [0.1, 0.15) is 48.1 Å². The van der Waals surface area contributed by atoms with Crippen molar-refractivity contribution in [3.05, 3.63) is 168 Å². The molecule has 1 fully saturated rings. The second kappa shape index (κ2) is 16.9. The molecule has 5 aromatic carbocycles. The fourth-order valence-corrected chi connectivity index (χ4v) is 7.01. The van der Waals surface area contributed by atoms with Crippen LogP contribution in [-0.2, 0) is 43.1 Å². The monoisotopic (exact) mass is 682 g/mol. The van der Waals surface area contributed by atoms with Gasteiger partial charge in [-0.3, -0.25) is 4.52 Å². The van der Waals surface area contributed by atoms with Crippen molar-refractivity contribution < 1.29 is 42.6 Å². The van der Waals surface area contributed by atoms with E-state index in [1.165, 1.54) is 0 Å². The summed E-state index contributed by atoms with van der Waals surface area (Å²) in [7, 11) is -4.56. The van der Waals surface area contributed by atoms with Crippen LogP contribution in [0.2, 0.25) is 0 Å². The van der Waals surface area contributed by atoms with Crippen molar-refractivity contribution in [2.45, 2.75) is 56.4 Å². The summed E-state index contributed by atoms with van der Waals surface area (Å²) in [5.41, 5.74) is 2.50. The van der Waals surface area contributed by atoms with E-state index < -0.39 is 44.4 Å². The Morgan fingerprint density at radius 3 is 1.08 bits per heavy atom. The van der Waals surface area contributed by atoms with Crippen molar-refractivity contribution >= 4 is 7.82 Å². The number of para-hydroxylation sites is 2. The molecule has 1 aliphatic carbocycles. The van der Waals surface area contributed by atoms with Gasteiger partial charge < -0.3 is 33.5 Å². The maximum Gasteiger partial charge on any atom is 0.588 e. The molecule has 0 radical (unpaired) electrons. The first-order valence-electron chi connectivity index (χ1n) is 16.1. The fraction of sp³-hybridized carbons (Fsp3) is 0.231. The normalized spacial score (nSPS) is 22.3. The van der Waals surface area contributed by atoms with E-state index in [0.29, 0.717) is 0 Å². The Morgan fingerprint density at radius 2 is 0.735 bits per heavy atom. The van der Waals surface area contributed by atoms with Crippen LogP contribution >= 0.6 is 7.82 Å². The summed E-state index contributed by atoms with van der Waals surface area (Å²) in [4.78, 5) is 0. The number of aliphatic hydroxyl groups excluding tert-OH is 2. The van der Waals surface area contributed by atoms with Gasteiger partial charge in [-0.2, -0.15) is 0 Å². The Balaban J connectivity index is 1.36. The molecular weight excluding hydrogens is 643 g/mol. The van der Waals surface area contributed by atoms with Crippen LogP contribution in [0.25, 0.3) is 0 Å². The minimum absolute atomic E-state index is 0.0682. The third-order valence-electron chi connectivity index (χ3n) is 8.02. The molecule has 0 heterocycles. The van der Waals surface area contributed by atoms with Crippen molar-refractivity contribution in [2.75, 3.05) is 0 Å². The quantitative estimate of drug-likeness (QED) is 0.111. The maximum absolute atomic E-state index is 14.7. The zero-order valence-electron chi connectivity index (χ0n) is 26.7. The van der Waals surface area contributed by atoms with E-state index in [9.17, 15) is 14.8 Å². The highest BCUT2D eigenvalue weighted by molar-refractivity contribution is 7.49. The minimum Gasteiger partial charge on any atom is -0.395 e. The molecule has 5 aromatic rings. The summed E-state index contributed by atoms with van der Waals surface area (Å²) >= 11 is 0. The molecule has 0 amide bonds. The van der Waals surface area contributed by atoms with E-state index >= 15 is 0 Å². The van der Waals surface area contributed by atoms with Crippen LogP contribution in [0.15, 0.2) is 152 Å². The van der Waals surface area contributed by atoms with Gasteiger partial charge in [0, 0.05) is 0 Å². The van der Waals surface area contributed by atoms with E-state index in [4.69, 9.17) is 27.8 Å². The van der Waals surface area contributed by atoms with Crippen LogP contribution in [0.5, 0.6) is 11.5 Å². The third-order valence-corrected chi connectivity index (χ3v) is 9.39. The number of hydrogen-bond donors (Lipinski definition) is 2. The number of hydrogen-bond acceptors (Lipinski definition) is 9. The Morgan fingerprint density at radius 1 is 0.429 bits per heavy atom. The van der Waals surface area contributed by atoms with Crippen molar-refractivity contribution in [3.63, 3.8) is 0 Å². The molecule has 0 saturated heterocycles. The molecule has 0 spiro atoms. The van der Waals surface area contributed by atoms with Crippen molar-refractivity contribution in [3.8, 4) is 11.5 Å². The highest BCUT2D eigenvalue weighted by Crippen LogP contribution is 2.53. The first kappa shape index (κ1) is 34.5. The Kier molecular flexibility index (Phi) is 11.9. The largest absolute Gasteiger partial charge is 0.588 e. The first-order valence-corrected chi connectivity index (χ1v) is 17.5. The van der Waals surface area contributed by atoms with Gasteiger partial charge in [-0.1, -0.05) is 127 Å². The van der Waals surface area contributed by atoms with Gasteiger partial charge in [-0.05, 0) is 41.0 Å². The van der Waals surface area contributed by atoms with Gasteiger partial charge >= 0.3 is 7.82 Å². The zero-order chi connectivity index (χ0) is 33.9. The third kappa shape index (κ3) is 9.44. The molecule has 10 heteroatoms. The van der Waals surface area contributed by atoms with Crippen molar-refractivity contribution in [2.24, 2.45) is 0 Å². The van der Waals surface area contributed by atoms with Crippen LogP contribution in [0.3, 0.4) is 0 Å². The molecule has 254 valence electrons. The van der Waals surface area contributed by atoms with Gasteiger partial charge in [0.2, 0.25) is 0 Å². The lowest BCUT2D eigenvalue weighted by Gasteiger charge is -2.46. The standard InChI is InChI=1S/C39H39O9P/c40-34-36(43-26-29-16-6-1-7-17-29)35(41)38(45-28-31-20-10-3-11-21-31)39(37(34)44-27-30-18-8-2-9-19-30)48-49(42,46-32-22-12-4-13-23-32)47-33-24-14-5-15-25-33/h1-25,34-41H,26-28H2/t34-,35?,36?,37?,38+,39?/m0/s1. The van der Waals surface area contributed by atoms with Crippen molar-refractivity contribution in [1.29, 1.82) is 0 Å². The van der Waals surface area contributed by atoms with Gasteiger partial charge in [0.15, 0.2) is 0 Å². The molecule has 1 saturated carbocycles. The molecule has 0 aliphatic heterocycles. The topological polar surface area (TPSA) is 113 Å². The van der Waals surface area contributed by atoms with Crippen LogP contribution < -0.4 is 9.05 Å². The number of ether oxygens (including phenoxy) is 3. The molecule has 49 heavy (non-hydrogen) atoms. The minimum atomic E-state index is -4.56. The second-order valence-electron chi connectivity index (χ2n) is 11.6. The van der Waals surface area contributed by atoms with Crippen LogP contribution in [-0.4, -0.2) is 46.8 Å². The van der Waals surface area contributed by atoms with Crippen molar-refractivity contribution in [1.82, 2.24) is 0 Å². The number of rotatable bonds is 15. The SMILES string of the molecule is O=P(Oc1ccccc1)(Oc1ccccc1)OC1C(OCc2ccccc2)[C@@H](O)C(OCc2ccccc2)C(O)[C@H]1OCc1ccccc1. The van der Waals surface area contributed by atoms with E-state index in [0.717, 1.165) is 16.7 Å². The maximum atomic E-state index is 14.7. The zero-order valence-corrected chi connectivity index (χ0v) is 27.6. The van der Waals surface area contributed by atoms with Gasteiger partial charge in [0.25, 0.3) is 0 Å². The summed E-state index contributed by atoms with van der Waals surface area (Å²) < 4.78 is 51.8. The summed E-state index contributed by atoms with van der Waals surface area (Å²) in [6.45, 7) is 0.242. The van der Waals surface area contributed by atoms with E-state index in [1.54, 1.807) is 60.7 Å². The number of phosphoric ester groups is 1. The molecule has 4 unspecified atom stereocenters. The lowest BCUT2D eigenvalue weighted by atomic mass is 9.84. The van der Waals surface area contributed by atoms with Gasteiger partial charge in [-0.15, -0.1) is 0 Å². The predicted octanol–water partition coefficient (Wildman–Crippen LogP) is 7.13. The van der Waals surface area contributed by atoms with Gasteiger partial charge in [-0.25, -0.2) is 4.57 Å². The lowest BCUT2D eigenvalue weighted by Crippen LogP contribution is -2.66. The number of benzene rings is 5. The number of phosphoric acid groups is 1.